The number of alkyl halides is 1. The summed E-state index contributed by atoms with van der Waals surface area (Å²) in [6.45, 7) is 5.58. The predicted octanol–water partition coefficient (Wildman–Crippen LogP) is 4.71. The van der Waals surface area contributed by atoms with Gasteiger partial charge in [-0.1, -0.05) is 26.7 Å². The molecule has 1 aliphatic heterocycles. The maximum absolute atomic E-state index is 6.07. The zero-order chi connectivity index (χ0) is 14.1. The normalized spacial score (nSPS) is 26.1. The van der Waals surface area contributed by atoms with E-state index >= 15 is 0 Å². The van der Waals surface area contributed by atoms with E-state index in [2.05, 4.69) is 30.9 Å². The molecule has 2 fully saturated rings. The van der Waals surface area contributed by atoms with Gasteiger partial charge in [0.05, 0.1) is 0 Å². The van der Waals surface area contributed by atoms with Crippen LogP contribution < -0.4 is 4.90 Å². The van der Waals surface area contributed by atoms with E-state index in [-0.39, 0.29) is 0 Å². The summed E-state index contributed by atoms with van der Waals surface area (Å²) in [5, 5.41) is 0. The lowest BCUT2D eigenvalue weighted by Gasteiger charge is -2.33. The molecule has 2 nitrogen and oxygen atoms in total. The van der Waals surface area contributed by atoms with E-state index in [0.29, 0.717) is 11.8 Å². The summed E-state index contributed by atoms with van der Waals surface area (Å²) in [4.78, 5) is 7.48. The molecule has 0 bridgehead atoms. The first kappa shape index (κ1) is 14.2. The van der Waals surface area contributed by atoms with Gasteiger partial charge in [-0.3, -0.25) is 0 Å². The first-order valence-electron chi connectivity index (χ1n) is 8.02. The number of anilines is 1. The molecule has 2 unspecified atom stereocenters. The molecule has 110 valence electrons. The van der Waals surface area contributed by atoms with Crippen molar-refractivity contribution in [2.45, 2.75) is 63.8 Å². The molecular weight excluding hydrogens is 268 g/mol. The lowest BCUT2D eigenvalue weighted by atomic mass is 9.85. The number of hydrogen-bond acceptors (Lipinski definition) is 2. The van der Waals surface area contributed by atoms with Gasteiger partial charge in [-0.15, -0.1) is 11.6 Å². The molecule has 2 atom stereocenters. The Morgan fingerprint density at radius 3 is 2.80 bits per heavy atom. The standard InChI is InChI=1S/C17H25ClN2/c1-12(2)15-9-13(11-18)10-17(19-15)20-8-7-14-5-3-4-6-16(14)20/h9-10,12,14,16H,3-8,11H2,1-2H3. The van der Waals surface area contributed by atoms with Crippen LogP contribution in [0.1, 0.15) is 63.1 Å². The van der Waals surface area contributed by atoms with Crippen LogP contribution in [0.15, 0.2) is 12.1 Å². The van der Waals surface area contributed by atoms with Crippen molar-refractivity contribution in [1.82, 2.24) is 4.98 Å². The lowest BCUT2D eigenvalue weighted by molar-refractivity contribution is 0.341. The van der Waals surface area contributed by atoms with E-state index in [1.54, 1.807) is 0 Å². The molecule has 2 aliphatic rings. The van der Waals surface area contributed by atoms with Gasteiger partial charge in [0.15, 0.2) is 0 Å². The minimum Gasteiger partial charge on any atom is -0.353 e. The number of halogens is 1. The van der Waals surface area contributed by atoms with Crippen LogP contribution in [0.4, 0.5) is 5.82 Å². The summed E-state index contributed by atoms with van der Waals surface area (Å²) in [7, 11) is 0. The fourth-order valence-corrected chi connectivity index (χ4v) is 3.96. The van der Waals surface area contributed by atoms with E-state index in [9.17, 15) is 0 Å². The first-order valence-corrected chi connectivity index (χ1v) is 8.56. The second-order valence-electron chi connectivity index (χ2n) is 6.64. The zero-order valence-electron chi connectivity index (χ0n) is 12.6. The molecule has 1 saturated heterocycles. The molecule has 0 radical (unpaired) electrons. The second kappa shape index (κ2) is 5.93. The van der Waals surface area contributed by atoms with E-state index in [0.717, 1.165) is 12.0 Å². The van der Waals surface area contributed by atoms with Gasteiger partial charge >= 0.3 is 0 Å². The van der Waals surface area contributed by atoms with Crippen LogP contribution in [-0.2, 0) is 5.88 Å². The SMILES string of the molecule is CC(C)c1cc(CCl)cc(N2CCC3CCCCC32)n1. The average Bonchev–Trinajstić information content (AvgIpc) is 2.90. The topological polar surface area (TPSA) is 16.1 Å². The van der Waals surface area contributed by atoms with Gasteiger partial charge in [0, 0.05) is 24.2 Å². The first-order chi connectivity index (χ1) is 9.69. The highest BCUT2D eigenvalue weighted by Crippen LogP contribution is 2.38. The molecule has 0 amide bonds. The van der Waals surface area contributed by atoms with Crippen LogP contribution >= 0.6 is 11.6 Å². The van der Waals surface area contributed by atoms with Crippen molar-refractivity contribution < 1.29 is 0 Å². The van der Waals surface area contributed by atoms with Crippen LogP contribution in [-0.4, -0.2) is 17.6 Å². The van der Waals surface area contributed by atoms with Crippen LogP contribution in [0.2, 0.25) is 0 Å². The van der Waals surface area contributed by atoms with E-state index < -0.39 is 0 Å². The van der Waals surface area contributed by atoms with E-state index in [1.165, 1.54) is 55.7 Å². The molecule has 1 saturated carbocycles. The molecule has 0 N–H and O–H groups in total. The van der Waals surface area contributed by atoms with Crippen LogP contribution in [0, 0.1) is 5.92 Å². The lowest BCUT2D eigenvalue weighted by Crippen LogP contribution is -2.35. The van der Waals surface area contributed by atoms with Crippen molar-refractivity contribution in [3.05, 3.63) is 23.4 Å². The summed E-state index contributed by atoms with van der Waals surface area (Å²) in [5.41, 5.74) is 2.39. The third-order valence-electron chi connectivity index (χ3n) is 4.94. The quantitative estimate of drug-likeness (QED) is 0.750. The molecule has 20 heavy (non-hydrogen) atoms. The third-order valence-corrected chi connectivity index (χ3v) is 5.25. The Bertz CT molecular complexity index is 472. The molecule has 1 aliphatic carbocycles. The average molecular weight is 293 g/mol. The Morgan fingerprint density at radius 1 is 1.25 bits per heavy atom. The number of nitrogens with zero attached hydrogens (tertiary/aromatic N) is 2. The predicted molar refractivity (Wildman–Crippen MR) is 85.6 cm³/mol. The number of rotatable bonds is 3. The van der Waals surface area contributed by atoms with Gasteiger partial charge in [0.1, 0.15) is 5.82 Å². The molecule has 1 aromatic heterocycles. The largest absolute Gasteiger partial charge is 0.353 e. The van der Waals surface area contributed by atoms with Gasteiger partial charge in [-0.05, 0) is 48.8 Å². The zero-order valence-corrected chi connectivity index (χ0v) is 13.4. The molecular formula is C17H25ClN2. The summed E-state index contributed by atoms with van der Waals surface area (Å²) in [5.74, 6) is 3.10. The highest BCUT2D eigenvalue weighted by Gasteiger charge is 2.36. The minimum atomic E-state index is 0.460. The highest BCUT2D eigenvalue weighted by molar-refractivity contribution is 6.17. The summed E-state index contributed by atoms with van der Waals surface area (Å²) >= 11 is 6.07. The van der Waals surface area contributed by atoms with E-state index in [4.69, 9.17) is 16.6 Å². The monoisotopic (exact) mass is 292 g/mol. The smallest absolute Gasteiger partial charge is 0.129 e. The Balaban J connectivity index is 1.91. The molecule has 1 aromatic rings. The van der Waals surface area contributed by atoms with Gasteiger partial charge in [0.25, 0.3) is 0 Å². The Hall–Kier alpha value is -0.760. The van der Waals surface area contributed by atoms with Gasteiger partial charge in [-0.25, -0.2) is 4.98 Å². The Kier molecular flexibility index (Phi) is 4.21. The van der Waals surface area contributed by atoms with E-state index in [1.807, 2.05) is 0 Å². The summed E-state index contributed by atoms with van der Waals surface area (Å²) < 4.78 is 0. The molecule has 0 aromatic carbocycles. The van der Waals surface area contributed by atoms with Crippen molar-refractivity contribution >= 4 is 17.4 Å². The number of hydrogen-bond donors (Lipinski definition) is 0. The molecule has 3 rings (SSSR count). The van der Waals surface area contributed by atoms with Crippen molar-refractivity contribution in [2.75, 3.05) is 11.4 Å². The van der Waals surface area contributed by atoms with Crippen LogP contribution in [0.3, 0.4) is 0 Å². The third kappa shape index (κ3) is 2.67. The fourth-order valence-electron chi connectivity index (χ4n) is 3.80. The summed E-state index contributed by atoms with van der Waals surface area (Å²) in [6, 6.07) is 5.09. The van der Waals surface area contributed by atoms with Gasteiger partial charge in [0.2, 0.25) is 0 Å². The maximum atomic E-state index is 6.07. The highest BCUT2D eigenvalue weighted by atomic mass is 35.5. The minimum absolute atomic E-state index is 0.460. The molecule has 0 spiro atoms. The van der Waals surface area contributed by atoms with Crippen molar-refractivity contribution in [1.29, 1.82) is 0 Å². The van der Waals surface area contributed by atoms with Crippen LogP contribution in [0.25, 0.3) is 0 Å². The second-order valence-corrected chi connectivity index (χ2v) is 6.91. The Morgan fingerprint density at radius 2 is 2.05 bits per heavy atom. The van der Waals surface area contributed by atoms with Crippen molar-refractivity contribution in [2.24, 2.45) is 5.92 Å². The van der Waals surface area contributed by atoms with Crippen LogP contribution in [0.5, 0.6) is 0 Å². The molecule has 2 heterocycles. The summed E-state index contributed by atoms with van der Waals surface area (Å²) in [6.07, 6.45) is 6.89. The number of pyridine rings is 1. The van der Waals surface area contributed by atoms with Gasteiger partial charge in [-0.2, -0.15) is 0 Å². The molecule has 3 heteroatoms. The Labute approximate surface area is 127 Å². The van der Waals surface area contributed by atoms with Crippen molar-refractivity contribution in [3.8, 4) is 0 Å². The van der Waals surface area contributed by atoms with Gasteiger partial charge < -0.3 is 4.90 Å². The fraction of sp³-hybridized carbons (Fsp3) is 0.706. The number of aromatic nitrogens is 1. The van der Waals surface area contributed by atoms with Crippen molar-refractivity contribution in [3.63, 3.8) is 0 Å². The maximum Gasteiger partial charge on any atom is 0.129 e. The number of fused-ring (bicyclic) bond motifs is 1.